The van der Waals surface area contributed by atoms with E-state index in [1.54, 1.807) is 0 Å². The Kier molecular flexibility index (Phi) is 56.4. The molecule has 0 aliphatic rings. The van der Waals surface area contributed by atoms with Crippen molar-refractivity contribution in [2.45, 2.75) is 258 Å². The fraction of sp³-hybridized carbons (Fsp3) is 0.627. The van der Waals surface area contributed by atoms with Gasteiger partial charge < -0.3 is 14.2 Å². The molecule has 0 fully saturated rings. The highest BCUT2D eigenvalue weighted by molar-refractivity contribution is 5.71. The maximum atomic E-state index is 12.9. The summed E-state index contributed by atoms with van der Waals surface area (Å²) in [6.45, 7) is 6.34. The minimum Gasteiger partial charge on any atom is -0.462 e. The second-order valence-electron chi connectivity index (χ2n) is 19.1. The molecule has 0 rings (SSSR count). The Morgan fingerprint density at radius 2 is 0.534 bits per heavy atom. The van der Waals surface area contributed by atoms with E-state index in [1.165, 1.54) is 51.4 Å². The van der Waals surface area contributed by atoms with Crippen LogP contribution in [0.1, 0.15) is 252 Å². The van der Waals surface area contributed by atoms with Gasteiger partial charge in [-0.05, 0) is 135 Å². The highest BCUT2D eigenvalue weighted by Gasteiger charge is 2.19. The molecule has 0 aliphatic heterocycles. The van der Waals surface area contributed by atoms with Crippen molar-refractivity contribution in [2.75, 3.05) is 13.2 Å². The number of hydrogen-bond acceptors (Lipinski definition) is 6. The van der Waals surface area contributed by atoms with Crippen LogP contribution in [0.2, 0.25) is 0 Å². The van der Waals surface area contributed by atoms with E-state index >= 15 is 0 Å². The van der Waals surface area contributed by atoms with Gasteiger partial charge in [-0.15, -0.1) is 0 Å². The molecule has 0 spiro atoms. The van der Waals surface area contributed by atoms with Crippen molar-refractivity contribution in [2.24, 2.45) is 0 Å². The van der Waals surface area contributed by atoms with Gasteiger partial charge in [0.2, 0.25) is 0 Å². The molecule has 0 aromatic carbocycles. The summed E-state index contributed by atoms with van der Waals surface area (Å²) >= 11 is 0. The zero-order valence-electron chi connectivity index (χ0n) is 47.1. The third kappa shape index (κ3) is 58.3. The van der Waals surface area contributed by atoms with E-state index < -0.39 is 6.10 Å². The molecule has 0 aliphatic carbocycles. The average Bonchev–Trinajstić information content (AvgIpc) is 3.39. The van der Waals surface area contributed by atoms with Crippen molar-refractivity contribution >= 4 is 17.9 Å². The van der Waals surface area contributed by atoms with E-state index in [0.717, 1.165) is 161 Å². The molecule has 1 atom stereocenters. The number of esters is 3. The van der Waals surface area contributed by atoms with Crippen LogP contribution >= 0.6 is 0 Å². The summed E-state index contributed by atoms with van der Waals surface area (Å²) in [6, 6.07) is 0. The highest BCUT2D eigenvalue weighted by atomic mass is 16.6. The van der Waals surface area contributed by atoms with Crippen LogP contribution in [0.4, 0.5) is 0 Å². The van der Waals surface area contributed by atoms with E-state index in [0.29, 0.717) is 12.8 Å². The van der Waals surface area contributed by atoms with Crippen molar-refractivity contribution in [1.82, 2.24) is 0 Å². The van der Waals surface area contributed by atoms with Gasteiger partial charge >= 0.3 is 17.9 Å². The van der Waals surface area contributed by atoms with E-state index in [4.69, 9.17) is 14.2 Å². The number of ether oxygens (including phenoxy) is 3. The summed E-state index contributed by atoms with van der Waals surface area (Å²) in [5, 5.41) is 0. The van der Waals surface area contributed by atoms with Crippen molar-refractivity contribution in [3.05, 3.63) is 134 Å². The number of carbonyl (C=O) groups is 3. The Labute approximate surface area is 449 Å². The van der Waals surface area contributed by atoms with Gasteiger partial charge in [0.1, 0.15) is 13.2 Å². The number of rotatable bonds is 52. The lowest BCUT2D eigenvalue weighted by molar-refractivity contribution is -0.167. The fourth-order valence-electron chi connectivity index (χ4n) is 7.72. The monoisotopic (exact) mass is 1010 g/mol. The number of unbranched alkanes of at least 4 members (excludes halogenated alkanes) is 19. The second kappa shape index (κ2) is 60.1. The molecule has 0 saturated carbocycles. The van der Waals surface area contributed by atoms with Gasteiger partial charge in [0.05, 0.1) is 0 Å². The van der Waals surface area contributed by atoms with Crippen LogP contribution in [0.5, 0.6) is 0 Å². The Morgan fingerprint density at radius 1 is 0.288 bits per heavy atom. The van der Waals surface area contributed by atoms with Gasteiger partial charge in [0.15, 0.2) is 6.10 Å². The van der Waals surface area contributed by atoms with Crippen LogP contribution in [0.25, 0.3) is 0 Å². The summed E-state index contributed by atoms with van der Waals surface area (Å²) in [6.07, 6.45) is 84.3. The number of carbonyl (C=O) groups excluding carboxylic acids is 3. The summed E-state index contributed by atoms with van der Waals surface area (Å²) < 4.78 is 16.9. The maximum absolute atomic E-state index is 12.9. The molecule has 73 heavy (non-hydrogen) atoms. The lowest BCUT2D eigenvalue weighted by Gasteiger charge is -2.18. The smallest absolute Gasteiger partial charge is 0.306 e. The number of hydrogen-bond donors (Lipinski definition) is 0. The maximum Gasteiger partial charge on any atom is 0.306 e. The minimum absolute atomic E-state index is 0.103. The molecule has 0 heterocycles. The standard InChI is InChI=1S/C67H108O6/c1-4-7-10-13-16-19-22-25-28-31-32-33-34-37-39-42-45-48-51-54-57-60-66(69)72-63-64(73-67(70)61-58-55-52-49-46-43-40-36-30-27-24-21-18-15-12-9-6-3)62-71-65(68)59-56-53-50-47-44-41-38-35-29-26-23-20-17-14-11-8-5-2/h7,9-10,12,16-21,25-30,32-33,37,39-40,43,64H,4-6,8,11,13-15,22-24,31,34-36,38,41-42,44-63H2,1-3H3/b10-7-,12-9-,19-16-,20-17-,21-18-,28-25-,29-26-,30-27-,33-32-,39-37-,43-40-. The first-order valence-corrected chi connectivity index (χ1v) is 29.7. The zero-order chi connectivity index (χ0) is 52.9. The van der Waals surface area contributed by atoms with Crippen LogP contribution < -0.4 is 0 Å². The van der Waals surface area contributed by atoms with Crippen molar-refractivity contribution in [1.29, 1.82) is 0 Å². The molecule has 0 aromatic rings. The van der Waals surface area contributed by atoms with Crippen LogP contribution in [0.3, 0.4) is 0 Å². The van der Waals surface area contributed by atoms with Crippen LogP contribution in [0, 0.1) is 0 Å². The Morgan fingerprint density at radius 3 is 0.836 bits per heavy atom. The van der Waals surface area contributed by atoms with Crippen molar-refractivity contribution in [3.8, 4) is 0 Å². The molecular formula is C67H108O6. The van der Waals surface area contributed by atoms with E-state index in [2.05, 4.69) is 154 Å². The normalized spacial score (nSPS) is 13.1. The predicted octanol–water partition coefficient (Wildman–Crippen LogP) is 20.2. The lowest BCUT2D eigenvalue weighted by atomic mass is 10.1. The van der Waals surface area contributed by atoms with E-state index in [9.17, 15) is 14.4 Å². The minimum atomic E-state index is -0.809. The van der Waals surface area contributed by atoms with Gasteiger partial charge in [-0.3, -0.25) is 14.4 Å². The summed E-state index contributed by atoms with van der Waals surface area (Å²) in [5.41, 5.74) is 0. The van der Waals surface area contributed by atoms with Gasteiger partial charge in [-0.2, -0.15) is 0 Å². The zero-order valence-corrected chi connectivity index (χ0v) is 47.1. The summed E-state index contributed by atoms with van der Waals surface area (Å²) in [5.74, 6) is -0.955. The first-order valence-electron chi connectivity index (χ1n) is 29.7. The quantitative estimate of drug-likeness (QED) is 0.0261. The fourth-order valence-corrected chi connectivity index (χ4v) is 7.72. The van der Waals surface area contributed by atoms with Crippen LogP contribution in [0.15, 0.2) is 134 Å². The molecule has 0 N–H and O–H groups in total. The molecule has 6 heteroatoms. The molecule has 0 saturated heterocycles. The Hall–Kier alpha value is -4.45. The van der Waals surface area contributed by atoms with Crippen molar-refractivity contribution < 1.29 is 28.6 Å². The van der Waals surface area contributed by atoms with Gasteiger partial charge in [-0.1, -0.05) is 231 Å². The Balaban J connectivity index is 4.50. The molecule has 1 unspecified atom stereocenters. The number of allylic oxidation sites excluding steroid dienone is 22. The van der Waals surface area contributed by atoms with E-state index in [-0.39, 0.29) is 37.5 Å². The lowest BCUT2D eigenvalue weighted by Crippen LogP contribution is -2.30. The molecule has 6 nitrogen and oxygen atoms in total. The molecular weight excluding hydrogens is 901 g/mol. The molecule has 0 aromatic heterocycles. The molecule has 0 bridgehead atoms. The summed E-state index contributed by atoms with van der Waals surface area (Å²) in [7, 11) is 0. The van der Waals surface area contributed by atoms with Crippen LogP contribution in [-0.2, 0) is 28.6 Å². The second-order valence-corrected chi connectivity index (χ2v) is 19.1. The predicted molar refractivity (Wildman–Crippen MR) is 316 cm³/mol. The van der Waals surface area contributed by atoms with Crippen molar-refractivity contribution in [3.63, 3.8) is 0 Å². The molecule has 0 radical (unpaired) electrons. The third-order valence-corrected chi connectivity index (χ3v) is 12.1. The van der Waals surface area contributed by atoms with Crippen LogP contribution in [-0.4, -0.2) is 37.2 Å². The first-order chi connectivity index (χ1) is 36.0. The third-order valence-electron chi connectivity index (χ3n) is 12.1. The largest absolute Gasteiger partial charge is 0.462 e. The summed E-state index contributed by atoms with van der Waals surface area (Å²) in [4.78, 5) is 38.3. The molecule has 412 valence electrons. The van der Waals surface area contributed by atoms with Gasteiger partial charge in [0, 0.05) is 19.3 Å². The average molecular weight is 1010 g/mol. The van der Waals surface area contributed by atoms with Gasteiger partial charge in [-0.25, -0.2) is 0 Å². The highest BCUT2D eigenvalue weighted by Crippen LogP contribution is 2.14. The topological polar surface area (TPSA) is 78.9 Å². The SMILES string of the molecule is CC/C=C\C/C=C\C/C=C\C/C=C\C/C=C\CCCCCCCC(=O)OCC(COC(=O)CCCCCCCCC/C=C\C/C=C\CCCCC)OC(=O)CCCCCC/C=C\C/C=C\C/C=C\C/C=C\CC. The van der Waals surface area contributed by atoms with E-state index in [1.807, 2.05) is 0 Å². The Bertz CT molecular complexity index is 1580. The first kappa shape index (κ1) is 68.6. The molecule has 0 amide bonds. The van der Waals surface area contributed by atoms with Gasteiger partial charge in [0.25, 0.3) is 0 Å².